The first-order chi connectivity index (χ1) is 9.60. The van der Waals surface area contributed by atoms with E-state index in [4.69, 9.17) is 0 Å². The van der Waals surface area contributed by atoms with Crippen LogP contribution >= 0.6 is 0 Å². The first-order valence-electron chi connectivity index (χ1n) is 9.07. The molecule has 0 aromatic carbocycles. The second-order valence-corrected chi connectivity index (χ2v) is 7.03. The summed E-state index contributed by atoms with van der Waals surface area (Å²) in [6.45, 7) is 15.6. The van der Waals surface area contributed by atoms with Crippen LogP contribution < -0.4 is 5.32 Å². The Labute approximate surface area is 127 Å². The van der Waals surface area contributed by atoms with Crippen LogP contribution in [-0.4, -0.2) is 36.6 Å². The average molecular weight is 283 g/mol. The molecule has 1 N–H and O–H groups in total. The van der Waals surface area contributed by atoms with Gasteiger partial charge in [-0.2, -0.15) is 0 Å². The van der Waals surface area contributed by atoms with E-state index in [1.807, 2.05) is 0 Å². The third kappa shape index (κ3) is 5.04. The van der Waals surface area contributed by atoms with Crippen molar-refractivity contribution in [2.75, 3.05) is 19.6 Å². The Kier molecular flexibility index (Phi) is 8.13. The van der Waals surface area contributed by atoms with Gasteiger partial charge in [-0.25, -0.2) is 0 Å². The minimum absolute atomic E-state index is 0.603. The third-order valence-electron chi connectivity index (χ3n) is 5.47. The quantitative estimate of drug-likeness (QED) is 0.672. The van der Waals surface area contributed by atoms with E-state index in [-0.39, 0.29) is 0 Å². The molecule has 0 aromatic heterocycles. The lowest BCUT2D eigenvalue weighted by Gasteiger charge is -2.45. The zero-order valence-electron chi connectivity index (χ0n) is 14.7. The summed E-state index contributed by atoms with van der Waals surface area (Å²) in [6, 6.07) is 1.43. The molecule has 20 heavy (non-hydrogen) atoms. The summed E-state index contributed by atoms with van der Waals surface area (Å²) in [5.74, 6) is 0. The highest BCUT2D eigenvalue weighted by atomic mass is 15.2. The Bertz CT molecular complexity index is 244. The van der Waals surface area contributed by atoms with Crippen LogP contribution in [0.5, 0.6) is 0 Å². The zero-order valence-corrected chi connectivity index (χ0v) is 14.7. The van der Waals surface area contributed by atoms with Gasteiger partial charge in [0.25, 0.3) is 0 Å². The maximum absolute atomic E-state index is 3.81. The second-order valence-electron chi connectivity index (χ2n) is 7.03. The number of likely N-dealkylation sites (tertiary alicyclic amines) is 1. The molecule has 2 unspecified atom stereocenters. The molecule has 0 bridgehead atoms. The smallest absolute Gasteiger partial charge is 0.0246 e. The van der Waals surface area contributed by atoms with Crippen molar-refractivity contribution in [1.82, 2.24) is 10.2 Å². The average Bonchev–Trinajstić information content (AvgIpc) is 2.47. The fourth-order valence-corrected chi connectivity index (χ4v) is 3.62. The van der Waals surface area contributed by atoms with Crippen LogP contribution in [0, 0.1) is 5.41 Å². The SMILES string of the molecule is CCCNC(CCC)C(CC)N1CCC(C)(CC)CC1. The van der Waals surface area contributed by atoms with Gasteiger partial charge in [0.2, 0.25) is 0 Å². The number of hydrogen-bond acceptors (Lipinski definition) is 2. The number of rotatable bonds is 9. The minimum Gasteiger partial charge on any atom is -0.312 e. The van der Waals surface area contributed by atoms with Gasteiger partial charge >= 0.3 is 0 Å². The maximum atomic E-state index is 3.81. The van der Waals surface area contributed by atoms with Gasteiger partial charge in [0.1, 0.15) is 0 Å². The van der Waals surface area contributed by atoms with Gasteiger partial charge in [0.15, 0.2) is 0 Å². The second kappa shape index (κ2) is 9.04. The topological polar surface area (TPSA) is 15.3 Å². The van der Waals surface area contributed by atoms with Crippen LogP contribution in [0.2, 0.25) is 0 Å². The molecule has 2 heteroatoms. The van der Waals surface area contributed by atoms with Gasteiger partial charge in [-0.1, -0.05) is 47.5 Å². The summed E-state index contributed by atoms with van der Waals surface area (Å²) < 4.78 is 0. The first-order valence-corrected chi connectivity index (χ1v) is 9.07. The van der Waals surface area contributed by atoms with E-state index in [0.717, 1.165) is 6.04 Å². The third-order valence-corrected chi connectivity index (χ3v) is 5.47. The van der Waals surface area contributed by atoms with Crippen LogP contribution in [0.1, 0.15) is 79.6 Å². The Hall–Kier alpha value is -0.0800. The van der Waals surface area contributed by atoms with E-state index in [1.54, 1.807) is 0 Å². The van der Waals surface area contributed by atoms with Gasteiger partial charge in [0, 0.05) is 12.1 Å². The predicted octanol–water partition coefficient (Wildman–Crippen LogP) is 4.45. The Morgan fingerprint density at radius 2 is 1.70 bits per heavy atom. The van der Waals surface area contributed by atoms with Crippen molar-refractivity contribution in [3.8, 4) is 0 Å². The number of piperidine rings is 1. The summed E-state index contributed by atoms with van der Waals surface area (Å²) in [5.41, 5.74) is 0.603. The van der Waals surface area contributed by atoms with Crippen molar-refractivity contribution < 1.29 is 0 Å². The molecule has 0 spiro atoms. The van der Waals surface area contributed by atoms with E-state index in [0.29, 0.717) is 11.5 Å². The van der Waals surface area contributed by atoms with Crippen molar-refractivity contribution >= 4 is 0 Å². The van der Waals surface area contributed by atoms with Gasteiger partial charge in [-0.15, -0.1) is 0 Å². The highest BCUT2D eigenvalue weighted by Crippen LogP contribution is 2.35. The Balaban J connectivity index is 2.59. The molecule has 1 aliphatic heterocycles. The monoisotopic (exact) mass is 282 g/mol. The van der Waals surface area contributed by atoms with Crippen LogP contribution in [0.4, 0.5) is 0 Å². The van der Waals surface area contributed by atoms with Crippen LogP contribution in [0.15, 0.2) is 0 Å². The number of nitrogens with one attached hydrogen (secondary N) is 1. The minimum atomic E-state index is 0.603. The first kappa shape index (κ1) is 18.0. The van der Waals surface area contributed by atoms with Crippen molar-refractivity contribution in [2.24, 2.45) is 5.41 Å². The maximum Gasteiger partial charge on any atom is 0.0246 e. The Morgan fingerprint density at radius 3 is 2.15 bits per heavy atom. The fraction of sp³-hybridized carbons (Fsp3) is 1.00. The fourth-order valence-electron chi connectivity index (χ4n) is 3.62. The van der Waals surface area contributed by atoms with Crippen LogP contribution in [-0.2, 0) is 0 Å². The molecule has 1 fully saturated rings. The van der Waals surface area contributed by atoms with Crippen molar-refractivity contribution in [3.63, 3.8) is 0 Å². The van der Waals surface area contributed by atoms with Gasteiger partial charge < -0.3 is 5.32 Å². The molecule has 1 heterocycles. The summed E-state index contributed by atoms with van der Waals surface area (Å²) in [6.07, 6.45) is 9.23. The number of hydrogen-bond donors (Lipinski definition) is 1. The van der Waals surface area contributed by atoms with Crippen molar-refractivity contribution in [3.05, 3.63) is 0 Å². The molecule has 120 valence electrons. The van der Waals surface area contributed by atoms with Crippen molar-refractivity contribution in [1.29, 1.82) is 0 Å². The molecule has 0 radical (unpaired) electrons. The molecule has 0 saturated carbocycles. The Morgan fingerprint density at radius 1 is 1.05 bits per heavy atom. The summed E-state index contributed by atoms with van der Waals surface area (Å²) in [5, 5.41) is 3.81. The number of nitrogens with zero attached hydrogens (tertiary/aromatic N) is 1. The molecule has 1 saturated heterocycles. The van der Waals surface area contributed by atoms with E-state index in [1.165, 1.54) is 64.6 Å². The van der Waals surface area contributed by atoms with E-state index < -0.39 is 0 Å². The molecule has 1 aliphatic rings. The summed E-state index contributed by atoms with van der Waals surface area (Å²) in [7, 11) is 0. The lowest BCUT2D eigenvalue weighted by Crippen LogP contribution is -2.53. The van der Waals surface area contributed by atoms with Gasteiger partial charge in [0.05, 0.1) is 0 Å². The molecule has 0 amide bonds. The van der Waals surface area contributed by atoms with Crippen LogP contribution in [0.3, 0.4) is 0 Å². The van der Waals surface area contributed by atoms with E-state index in [9.17, 15) is 0 Å². The van der Waals surface area contributed by atoms with E-state index >= 15 is 0 Å². The standard InChI is InChI=1S/C18H38N2/c1-6-10-16(19-13-7-2)17(8-3)20-14-11-18(5,9-4)12-15-20/h16-17,19H,6-15H2,1-5H3. The van der Waals surface area contributed by atoms with Gasteiger partial charge in [-0.3, -0.25) is 4.90 Å². The largest absolute Gasteiger partial charge is 0.312 e. The van der Waals surface area contributed by atoms with Crippen molar-refractivity contribution in [2.45, 2.75) is 91.6 Å². The molecular formula is C18H38N2. The normalized spacial score (nSPS) is 22.6. The highest BCUT2D eigenvalue weighted by Gasteiger charge is 2.33. The van der Waals surface area contributed by atoms with Gasteiger partial charge in [-0.05, 0) is 57.2 Å². The molecule has 2 atom stereocenters. The zero-order chi connectivity index (χ0) is 15.0. The summed E-state index contributed by atoms with van der Waals surface area (Å²) in [4.78, 5) is 2.78. The molecular weight excluding hydrogens is 244 g/mol. The summed E-state index contributed by atoms with van der Waals surface area (Å²) >= 11 is 0. The molecule has 0 aliphatic carbocycles. The van der Waals surface area contributed by atoms with Crippen LogP contribution in [0.25, 0.3) is 0 Å². The lowest BCUT2D eigenvalue weighted by atomic mass is 9.77. The molecule has 1 rings (SSSR count). The predicted molar refractivity (Wildman–Crippen MR) is 90.3 cm³/mol. The molecule has 2 nitrogen and oxygen atoms in total. The lowest BCUT2D eigenvalue weighted by molar-refractivity contribution is 0.0610. The highest BCUT2D eigenvalue weighted by molar-refractivity contribution is 4.89. The molecule has 0 aromatic rings. The van der Waals surface area contributed by atoms with E-state index in [2.05, 4.69) is 44.8 Å².